The lowest BCUT2D eigenvalue weighted by Crippen LogP contribution is -2.28. The molecule has 1 aromatic carbocycles. The lowest BCUT2D eigenvalue weighted by atomic mass is 10.2. The third kappa shape index (κ3) is 3.23. The molecule has 5 nitrogen and oxygen atoms in total. The topological polar surface area (TPSA) is 64.0 Å². The summed E-state index contributed by atoms with van der Waals surface area (Å²) in [5.74, 6) is 0.408. The molecule has 1 aromatic heterocycles. The van der Waals surface area contributed by atoms with Crippen LogP contribution in [-0.4, -0.2) is 24.7 Å². The average molecular weight is 349 g/mol. The number of aromatic nitrogens is 2. The van der Waals surface area contributed by atoms with Gasteiger partial charge in [-0.15, -0.1) is 0 Å². The first kappa shape index (κ1) is 15.8. The Labute approximate surface area is 140 Å². The molecule has 24 heavy (non-hydrogen) atoms. The van der Waals surface area contributed by atoms with Gasteiger partial charge in [0.15, 0.2) is 0 Å². The largest absolute Gasteiger partial charge is 0.268 e. The quantitative estimate of drug-likeness (QED) is 0.836. The predicted molar refractivity (Wildman–Crippen MR) is 87.8 cm³/mol. The summed E-state index contributed by atoms with van der Waals surface area (Å²) in [7, 11) is -3.84. The highest BCUT2D eigenvalue weighted by Crippen LogP contribution is 2.44. The van der Waals surface area contributed by atoms with Gasteiger partial charge >= 0.3 is 0 Å². The SMILES string of the molecule is O=S(=O)(NCCn1nc(C2CC2)cc1C1CC1)c1ccccc1F. The van der Waals surface area contributed by atoms with E-state index in [-0.39, 0.29) is 11.4 Å². The maximum absolute atomic E-state index is 13.7. The lowest BCUT2D eigenvalue weighted by molar-refractivity contribution is 0.538. The Morgan fingerprint density at radius 1 is 1.17 bits per heavy atom. The average Bonchev–Trinajstić information content (AvgIpc) is 3.46. The van der Waals surface area contributed by atoms with E-state index >= 15 is 0 Å². The minimum Gasteiger partial charge on any atom is -0.268 e. The summed E-state index contributed by atoms with van der Waals surface area (Å²) in [5.41, 5.74) is 2.34. The second-order valence-electron chi connectivity index (χ2n) is 6.59. The van der Waals surface area contributed by atoms with Gasteiger partial charge in [0.25, 0.3) is 0 Å². The van der Waals surface area contributed by atoms with E-state index in [2.05, 4.69) is 15.9 Å². The molecule has 1 heterocycles. The van der Waals surface area contributed by atoms with Crippen molar-refractivity contribution in [2.45, 2.75) is 49.0 Å². The van der Waals surface area contributed by atoms with Crippen molar-refractivity contribution in [2.75, 3.05) is 6.54 Å². The van der Waals surface area contributed by atoms with Crippen LogP contribution in [0.4, 0.5) is 4.39 Å². The molecule has 1 N–H and O–H groups in total. The molecule has 2 aliphatic rings. The van der Waals surface area contributed by atoms with E-state index in [1.54, 1.807) is 0 Å². The molecule has 0 bridgehead atoms. The smallest absolute Gasteiger partial charge is 0.243 e. The summed E-state index contributed by atoms with van der Waals surface area (Å²) < 4.78 is 42.5. The molecule has 2 fully saturated rings. The predicted octanol–water partition coefficient (Wildman–Crippen LogP) is 2.76. The van der Waals surface area contributed by atoms with Gasteiger partial charge in [-0.1, -0.05) is 12.1 Å². The zero-order chi connectivity index (χ0) is 16.7. The fourth-order valence-electron chi connectivity index (χ4n) is 2.94. The summed E-state index contributed by atoms with van der Waals surface area (Å²) in [5, 5.41) is 4.65. The van der Waals surface area contributed by atoms with E-state index in [0.29, 0.717) is 18.4 Å². The normalized spacial score (nSPS) is 18.0. The van der Waals surface area contributed by atoms with Gasteiger partial charge in [-0.25, -0.2) is 17.5 Å². The van der Waals surface area contributed by atoms with Gasteiger partial charge in [-0.05, 0) is 43.9 Å². The van der Waals surface area contributed by atoms with Gasteiger partial charge < -0.3 is 0 Å². The van der Waals surface area contributed by atoms with Crippen LogP contribution >= 0.6 is 0 Å². The third-order valence-electron chi connectivity index (χ3n) is 4.56. The molecule has 0 aliphatic heterocycles. The van der Waals surface area contributed by atoms with Gasteiger partial charge in [-0.3, -0.25) is 4.68 Å². The molecule has 128 valence electrons. The Kier molecular flexibility index (Phi) is 3.92. The first-order valence-corrected chi connectivity index (χ1v) is 9.85. The third-order valence-corrected chi connectivity index (χ3v) is 6.06. The van der Waals surface area contributed by atoms with Crippen molar-refractivity contribution in [3.8, 4) is 0 Å². The highest BCUT2D eigenvalue weighted by atomic mass is 32.2. The highest BCUT2D eigenvalue weighted by Gasteiger charge is 2.32. The Hall–Kier alpha value is -1.73. The molecule has 0 atom stereocenters. The first-order chi connectivity index (χ1) is 11.5. The lowest BCUT2D eigenvalue weighted by Gasteiger charge is -2.09. The van der Waals surface area contributed by atoms with Gasteiger partial charge in [-0.2, -0.15) is 5.10 Å². The summed E-state index contributed by atoms with van der Waals surface area (Å²) in [6.45, 7) is 0.661. The summed E-state index contributed by atoms with van der Waals surface area (Å²) in [6.07, 6.45) is 4.75. The molecule has 0 unspecified atom stereocenters. The molecule has 4 rings (SSSR count). The molecular weight excluding hydrogens is 329 g/mol. The van der Waals surface area contributed by atoms with Crippen molar-refractivity contribution < 1.29 is 12.8 Å². The molecule has 0 saturated heterocycles. The van der Waals surface area contributed by atoms with Crippen LogP contribution < -0.4 is 4.72 Å². The van der Waals surface area contributed by atoms with Crippen molar-refractivity contribution in [3.05, 3.63) is 47.5 Å². The van der Waals surface area contributed by atoms with Gasteiger partial charge in [0.2, 0.25) is 10.0 Å². The first-order valence-electron chi connectivity index (χ1n) is 8.36. The molecule has 2 saturated carbocycles. The van der Waals surface area contributed by atoms with Crippen molar-refractivity contribution in [2.24, 2.45) is 0 Å². The van der Waals surface area contributed by atoms with Crippen molar-refractivity contribution in [1.29, 1.82) is 0 Å². The zero-order valence-electron chi connectivity index (χ0n) is 13.3. The zero-order valence-corrected chi connectivity index (χ0v) is 14.1. The summed E-state index contributed by atoms with van der Waals surface area (Å²) >= 11 is 0. The maximum Gasteiger partial charge on any atom is 0.243 e. The van der Waals surface area contributed by atoms with Crippen LogP contribution in [0.15, 0.2) is 35.2 Å². The monoisotopic (exact) mass is 349 g/mol. The van der Waals surface area contributed by atoms with Gasteiger partial charge in [0.1, 0.15) is 10.7 Å². The van der Waals surface area contributed by atoms with Crippen molar-refractivity contribution in [1.82, 2.24) is 14.5 Å². The molecule has 7 heteroatoms. The number of benzene rings is 1. The number of hydrogen-bond donors (Lipinski definition) is 1. The number of hydrogen-bond acceptors (Lipinski definition) is 3. The van der Waals surface area contributed by atoms with E-state index in [1.165, 1.54) is 49.6 Å². The van der Waals surface area contributed by atoms with E-state index in [4.69, 9.17) is 0 Å². The molecule has 2 aromatic rings. The number of sulfonamides is 1. The summed E-state index contributed by atoms with van der Waals surface area (Å²) in [6, 6.07) is 7.58. The van der Waals surface area contributed by atoms with Crippen LogP contribution in [0.25, 0.3) is 0 Å². The van der Waals surface area contributed by atoms with Gasteiger partial charge in [0, 0.05) is 24.1 Å². The van der Waals surface area contributed by atoms with Gasteiger partial charge in [0.05, 0.1) is 12.2 Å². The maximum atomic E-state index is 13.7. The second kappa shape index (κ2) is 5.97. The van der Waals surface area contributed by atoms with Crippen LogP contribution in [0, 0.1) is 5.82 Å². The Balaban J connectivity index is 1.45. The Morgan fingerprint density at radius 3 is 2.54 bits per heavy atom. The number of rotatable bonds is 7. The van der Waals surface area contributed by atoms with E-state index in [9.17, 15) is 12.8 Å². The summed E-state index contributed by atoms with van der Waals surface area (Å²) in [4.78, 5) is -0.313. The fourth-order valence-corrected chi connectivity index (χ4v) is 4.04. The van der Waals surface area contributed by atoms with E-state index in [0.717, 1.165) is 11.8 Å². The van der Waals surface area contributed by atoms with Crippen LogP contribution in [0.1, 0.15) is 48.9 Å². The fraction of sp³-hybridized carbons (Fsp3) is 0.471. The molecule has 0 spiro atoms. The number of nitrogens with zero attached hydrogens (tertiary/aromatic N) is 2. The number of halogens is 1. The minimum absolute atomic E-state index is 0.197. The van der Waals surface area contributed by atoms with Crippen molar-refractivity contribution >= 4 is 10.0 Å². The highest BCUT2D eigenvalue weighted by molar-refractivity contribution is 7.89. The van der Waals surface area contributed by atoms with Crippen molar-refractivity contribution in [3.63, 3.8) is 0 Å². The molecular formula is C17H20FN3O2S. The second-order valence-corrected chi connectivity index (χ2v) is 8.33. The Bertz CT molecular complexity index is 854. The van der Waals surface area contributed by atoms with Crippen LogP contribution in [0.3, 0.4) is 0 Å². The molecule has 2 aliphatic carbocycles. The standard InChI is InChI=1S/C17H20FN3O2S/c18-14-3-1-2-4-17(14)24(22,23)19-9-10-21-16(13-7-8-13)11-15(20-21)12-5-6-12/h1-4,11-13,19H,5-10H2. The van der Waals surface area contributed by atoms with E-state index in [1.807, 2.05) is 4.68 Å². The molecule has 0 radical (unpaired) electrons. The van der Waals surface area contributed by atoms with E-state index < -0.39 is 15.8 Å². The van der Waals surface area contributed by atoms with Crippen LogP contribution in [0.5, 0.6) is 0 Å². The van der Waals surface area contributed by atoms with Crippen LogP contribution in [0.2, 0.25) is 0 Å². The number of nitrogens with one attached hydrogen (secondary N) is 1. The Morgan fingerprint density at radius 2 is 1.88 bits per heavy atom. The van der Waals surface area contributed by atoms with Crippen LogP contribution in [-0.2, 0) is 16.6 Å². The minimum atomic E-state index is -3.84. The molecule has 0 amide bonds.